The Morgan fingerprint density at radius 3 is 2.43 bits per heavy atom. The average Bonchev–Trinajstić information content (AvgIpc) is 2.63. The van der Waals surface area contributed by atoms with Crippen molar-refractivity contribution in [2.75, 3.05) is 17.2 Å². The highest BCUT2D eigenvalue weighted by atomic mass is 35.5. The summed E-state index contributed by atoms with van der Waals surface area (Å²) in [5.41, 5.74) is 1.98. The second-order valence-electron chi connectivity index (χ2n) is 6.46. The van der Waals surface area contributed by atoms with Crippen LogP contribution in [0, 0.1) is 6.92 Å². The molecule has 0 heterocycles. The molecule has 0 unspecified atom stereocenters. The van der Waals surface area contributed by atoms with Crippen molar-refractivity contribution < 1.29 is 17.9 Å². The molecule has 0 saturated carbocycles. The van der Waals surface area contributed by atoms with E-state index in [2.05, 4.69) is 5.32 Å². The maximum Gasteiger partial charge on any atom is 0.243 e. The second kappa shape index (κ2) is 9.30. The van der Waals surface area contributed by atoms with Crippen LogP contribution in [0.25, 0.3) is 0 Å². The summed E-state index contributed by atoms with van der Waals surface area (Å²) in [5, 5.41) is 3.19. The number of ether oxygens (including phenoxy) is 1. The van der Waals surface area contributed by atoms with Crippen molar-refractivity contribution in [2.45, 2.75) is 33.4 Å². The molecule has 2 aromatic carbocycles. The standard InChI is InChI=1S/C20H25ClN2O4S/c1-5-27-18-10-7-16(8-11-18)13-22-20(24)15(3)23(28(4,25)26)19-12-17(21)9-6-14(19)2/h6-12,15H,5,13H2,1-4H3,(H,22,24)/t15-/m0/s1. The van der Waals surface area contributed by atoms with Gasteiger partial charge in [0.1, 0.15) is 11.8 Å². The zero-order valence-electron chi connectivity index (χ0n) is 16.4. The third-order valence-corrected chi connectivity index (χ3v) is 5.66. The average molecular weight is 425 g/mol. The number of nitrogens with one attached hydrogen (secondary N) is 1. The quantitative estimate of drug-likeness (QED) is 0.703. The fourth-order valence-electron chi connectivity index (χ4n) is 2.81. The van der Waals surface area contributed by atoms with Gasteiger partial charge in [-0.3, -0.25) is 9.10 Å². The Morgan fingerprint density at radius 2 is 1.86 bits per heavy atom. The fraction of sp³-hybridized carbons (Fsp3) is 0.350. The molecule has 0 spiro atoms. The molecule has 6 nitrogen and oxygen atoms in total. The summed E-state index contributed by atoms with van der Waals surface area (Å²) in [5.74, 6) is 0.351. The lowest BCUT2D eigenvalue weighted by molar-refractivity contribution is -0.122. The third-order valence-electron chi connectivity index (χ3n) is 4.20. The van der Waals surface area contributed by atoms with Gasteiger partial charge >= 0.3 is 0 Å². The SMILES string of the molecule is CCOc1ccc(CNC(=O)[C@H](C)N(c2cc(Cl)ccc2C)S(C)(=O)=O)cc1. The van der Waals surface area contributed by atoms with Crippen LogP contribution in [0.3, 0.4) is 0 Å². The van der Waals surface area contributed by atoms with Crippen LogP contribution in [0.2, 0.25) is 5.02 Å². The van der Waals surface area contributed by atoms with E-state index >= 15 is 0 Å². The number of hydrogen-bond acceptors (Lipinski definition) is 4. The number of hydrogen-bond donors (Lipinski definition) is 1. The lowest BCUT2D eigenvalue weighted by Gasteiger charge is -2.29. The molecule has 8 heteroatoms. The second-order valence-corrected chi connectivity index (χ2v) is 8.76. The molecule has 0 aliphatic heterocycles. The minimum atomic E-state index is -3.70. The number of benzene rings is 2. The molecule has 152 valence electrons. The van der Waals surface area contributed by atoms with Crippen molar-refractivity contribution in [3.8, 4) is 5.75 Å². The Bertz CT molecular complexity index is 930. The molecule has 0 fully saturated rings. The van der Waals surface area contributed by atoms with Gasteiger partial charge in [0, 0.05) is 11.6 Å². The molecule has 0 aliphatic carbocycles. The molecule has 0 radical (unpaired) electrons. The number of carbonyl (C=O) groups excluding carboxylic acids is 1. The van der Waals surface area contributed by atoms with E-state index in [0.29, 0.717) is 22.9 Å². The third kappa shape index (κ3) is 5.62. The van der Waals surface area contributed by atoms with Crippen molar-refractivity contribution in [2.24, 2.45) is 0 Å². The van der Waals surface area contributed by atoms with Gasteiger partial charge in [-0.05, 0) is 56.2 Å². The maximum absolute atomic E-state index is 12.7. The first-order valence-electron chi connectivity index (χ1n) is 8.88. The van der Waals surface area contributed by atoms with Gasteiger partial charge in [0.05, 0.1) is 18.6 Å². The molecule has 1 amide bonds. The largest absolute Gasteiger partial charge is 0.494 e. The van der Waals surface area contributed by atoms with Crippen LogP contribution in [0.4, 0.5) is 5.69 Å². The zero-order valence-corrected chi connectivity index (χ0v) is 18.0. The Morgan fingerprint density at radius 1 is 1.21 bits per heavy atom. The summed E-state index contributed by atoms with van der Waals surface area (Å²) in [6.07, 6.45) is 1.07. The molecule has 1 N–H and O–H groups in total. The first-order valence-corrected chi connectivity index (χ1v) is 11.1. The van der Waals surface area contributed by atoms with Crippen LogP contribution in [-0.2, 0) is 21.4 Å². The lowest BCUT2D eigenvalue weighted by atomic mass is 10.1. The molecule has 2 rings (SSSR count). The smallest absolute Gasteiger partial charge is 0.243 e. The van der Waals surface area contributed by atoms with E-state index in [1.54, 1.807) is 32.0 Å². The molecule has 1 atom stereocenters. The number of amides is 1. The van der Waals surface area contributed by atoms with E-state index in [9.17, 15) is 13.2 Å². The van der Waals surface area contributed by atoms with Gasteiger partial charge in [-0.25, -0.2) is 8.42 Å². The topological polar surface area (TPSA) is 75.7 Å². The summed E-state index contributed by atoms with van der Waals surface area (Å²) < 4.78 is 31.3. The molecule has 28 heavy (non-hydrogen) atoms. The van der Waals surface area contributed by atoms with Crippen LogP contribution in [0.15, 0.2) is 42.5 Å². The Hall–Kier alpha value is -2.25. The Labute approximate surface area is 171 Å². The highest BCUT2D eigenvalue weighted by Crippen LogP contribution is 2.28. The number of anilines is 1. The monoisotopic (exact) mass is 424 g/mol. The van der Waals surface area contributed by atoms with Gasteiger partial charge in [0.2, 0.25) is 15.9 Å². The normalized spacial score (nSPS) is 12.3. The number of sulfonamides is 1. The number of nitrogens with zero attached hydrogens (tertiary/aromatic N) is 1. The summed E-state index contributed by atoms with van der Waals surface area (Å²) in [7, 11) is -3.70. The molecule has 0 aliphatic rings. The van der Waals surface area contributed by atoms with Crippen molar-refractivity contribution in [3.63, 3.8) is 0 Å². The van der Waals surface area contributed by atoms with Gasteiger partial charge in [-0.15, -0.1) is 0 Å². The molecular formula is C20H25ClN2O4S. The van der Waals surface area contributed by atoms with Crippen molar-refractivity contribution in [1.29, 1.82) is 0 Å². The molecule has 0 bridgehead atoms. The van der Waals surface area contributed by atoms with Crippen LogP contribution in [0.5, 0.6) is 5.75 Å². The summed E-state index contributed by atoms with van der Waals surface area (Å²) in [6, 6.07) is 11.4. The van der Waals surface area contributed by atoms with Gasteiger partial charge < -0.3 is 10.1 Å². The fourth-order valence-corrected chi connectivity index (χ4v) is 4.20. The number of rotatable bonds is 8. The van der Waals surface area contributed by atoms with Crippen LogP contribution in [-0.4, -0.2) is 33.2 Å². The van der Waals surface area contributed by atoms with Crippen molar-refractivity contribution >= 4 is 33.2 Å². The first kappa shape index (κ1) is 22.0. The van der Waals surface area contributed by atoms with Crippen molar-refractivity contribution in [1.82, 2.24) is 5.32 Å². The zero-order chi connectivity index (χ0) is 20.9. The maximum atomic E-state index is 12.7. The Balaban J connectivity index is 2.16. The Kier molecular flexibility index (Phi) is 7.32. The van der Waals surface area contributed by atoms with Crippen LogP contribution < -0.4 is 14.4 Å². The number of carbonyl (C=O) groups is 1. The molecule has 2 aromatic rings. The van der Waals surface area contributed by atoms with E-state index in [1.165, 1.54) is 0 Å². The van der Waals surface area contributed by atoms with E-state index in [4.69, 9.17) is 16.3 Å². The predicted octanol–water partition coefficient (Wildman–Crippen LogP) is 3.52. The van der Waals surface area contributed by atoms with Crippen LogP contribution in [0.1, 0.15) is 25.0 Å². The van der Waals surface area contributed by atoms with Gasteiger partial charge in [-0.2, -0.15) is 0 Å². The van der Waals surface area contributed by atoms with Gasteiger partial charge in [0.25, 0.3) is 0 Å². The molecular weight excluding hydrogens is 400 g/mol. The highest BCUT2D eigenvalue weighted by molar-refractivity contribution is 7.92. The lowest BCUT2D eigenvalue weighted by Crippen LogP contribution is -2.48. The highest BCUT2D eigenvalue weighted by Gasteiger charge is 2.30. The summed E-state index contributed by atoms with van der Waals surface area (Å²) in [4.78, 5) is 12.7. The van der Waals surface area contributed by atoms with Gasteiger partial charge in [-0.1, -0.05) is 29.8 Å². The van der Waals surface area contributed by atoms with E-state index < -0.39 is 22.0 Å². The predicted molar refractivity (Wildman–Crippen MR) is 112 cm³/mol. The molecule has 0 aromatic heterocycles. The van der Waals surface area contributed by atoms with E-state index in [0.717, 1.165) is 21.9 Å². The number of halogens is 1. The minimum Gasteiger partial charge on any atom is -0.494 e. The van der Waals surface area contributed by atoms with Gasteiger partial charge in [0.15, 0.2) is 0 Å². The van der Waals surface area contributed by atoms with E-state index in [-0.39, 0.29) is 6.54 Å². The molecule has 0 saturated heterocycles. The summed E-state index contributed by atoms with van der Waals surface area (Å²) in [6.45, 7) is 6.09. The summed E-state index contributed by atoms with van der Waals surface area (Å²) >= 11 is 6.04. The van der Waals surface area contributed by atoms with E-state index in [1.807, 2.05) is 31.2 Å². The first-order chi connectivity index (χ1) is 13.1. The van der Waals surface area contributed by atoms with Crippen LogP contribution >= 0.6 is 11.6 Å². The number of aryl methyl sites for hydroxylation is 1. The minimum absolute atomic E-state index is 0.279. The van der Waals surface area contributed by atoms with Crippen molar-refractivity contribution in [3.05, 3.63) is 58.6 Å².